The van der Waals surface area contributed by atoms with Gasteiger partial charge in [-0.15, -0.1) is 0 Å². The summed E-state index contributed by atoms with van der Waals surface area (Å²) in [6.45, 7) is 5.70. The predicted octanol–water partition coefficient (Wildman–Crippen LogP) is 2.16. The van der Waals surface area contributed by atoms with Crippen LogP contribution < -0.4 is 0 Å². The molecule has 0 aromatic rings. The van der Waals surface area contributed by atoms with E-state index in [-0.39, 0.29) is 6.61 Å². The molecule has 0 aliphatic heterocycles. The maximum atomic E-state index is 10.4. The van der Waals surface area contributed by atoms with Crippen LogP contribution in [0, 0.1) is 0 Å². The van der Waals surface area contributed by atoms with Crippen LogP contribution in [0.15, 0.2) is 0 Å². The van der Waals surface area contributed by atoms with E-state index < -0.39 is 5.60 Å². The van der Waals surface area contributed by atoms with Crippen molar-refractivity contribution in [2.24, 2.45) is 0 Å². The first kappa shape index (κ1) is 14.9. The minimum atomic E-state index is -0.577. The molecule has 0 saturated heterocycles. The molecule has 1 aliphatic rings. The van der Waals surface area contributed by atoms with E-state index in [2.05, 4.69) is 4.90 Å². The Hall–Kier alpha value is -0.120. The number of aliphatic hydroxyl groups excluding tert-OH is 1. The van der Waals surface area contributed by atoms with Crippen LogP contribution in [0.25, 0.3) is 0 Å². The lowest BCUT2D eigenvalue weighted by Gasteiger charge is -2.39. The average Bonchev–Trinajstić information content (AvgIpc) is 2.39. The summed E-state index contributed by atoms with van der Waals surface area (Å²) in [5.74, 6) is 0. The van der Waals surface area contributed by atoms with E-state index in [1.54, 1.807) is 0 Å². The molecule has 102 valence electrons. The number of hydrogen-bond acceptors (Lipinski definition) is 3. The molecule has 0 spiro atoms. The van der Waals surface area contributed by atoms with Gasteiger partial charge in [0.05, 0.1) is 12.2 Å². The Morgan fingerprint density at radius 2 is 1.71 bits per heavy atom. The van der Waals surface area contributed by atoms with Crippen molar-refractivity contribution in [3.63, 3.8) is 0 Å². The monoisotopic (exact) mass is 243 g/mol. The summed E-state index contributed by atoms with van der Waals surface area (Å²) in [5.41, 5.74) is -0.577. The summed E-state index contributed by atoms with van der Waals surface area (Å²) >= 11 is 0. The molecule has 0 heterocycles. The van der Waals surface area contributed by atoms with Gasteiger partial charge in [-0.2, -0.15) is 0 Å². The minimum Gasteiger partial charge on any atom is -0.395 e. The van der Waals surface area contributed by atoms with Gasteiger partial charge in [0.2, 0.25) is 0 Å². The molecule has 17 heavy (non-hydrogen) atoms. The van der Waals surface area contributed by atoms with E-state index in [0.29, 0.717) is 19.1 Å². The largest absolute Gasteiger partial charge is 0.395 e. The molecule has 0 radical (unpaired) electrons. The molecule has 0 aromatic heterocycles. The number of rotatable bonds is 7. The molecule has 0 aromatic carbocycles. The quantitative estimate of drug-likeness (QED) is 0.720. The fraction of sp³-hybridized carbons (Fsp3) is 1.00. The van der Waals surface area contributed by atoms with Gasteiger partial charge in [-0.25, -0.2) is 0 Å². The second kappa shape index (κ2) is 7.34. The van der Waals surface area contributed by atoms with E-state index in [1.165, 1.54) is 32.1 Å². The lowest BCUT2D eigenvalue weighted by Crippen LogP contribution is -2.48. The second-order valence-corrected chi connectivity index (χ2v) is 5.42. The third-order valence-corrected chi connectivity index (χ3v) is 4.29. The topological polar surface area (TPSA) is 43.7 Å². The van der Waals surface area contributed by atoms with Gasteiger partial charge in [0.25, 0.3) is 0 Å². The highest BCUT2D eigenvalue weighted by Crippen LogP contribution is 2.25. The van der Waals surface area contributed by atoms with Crippen molar-refractivity contribution < 1.29 is 10.2 Å². The lowest BCUT2D eigenvalue weighted by atomic mass is 9.91. The smallest absolute Gasteiger partial charge is 0.0769 e. The Balaban J connectivity index is 2.57. The van der Waals surface area contributed by atoms with Crippen LogP contribution in [-0.2, 0) is 0 Å². The molecule has 2 N–H and O–H groups in total. The summed E-state index contributed by atoms with van der Waals surface area (Å²) in [6.07, 6.45) is 7.96. The fourth-order valence-electron chi connectivity index (χ4n) is 2.82. The highest BCUT2D eigenvalue weighted by molar-refractivity contribution is 4.84. The zero-order valence-corrected chi connectivity index (χ0v) is 11.5. The van der Waals surface area contributed by atoms with Crippen molar-refractivity contribution >= 4 is 0 Å². The summed E-state index contributed by atoms with van der Waals surface area (Å²) in [7, 11) is 0. The number of hydrogen-bond donors (Lipinski definition) is 2. The lowest BCUT2D eigenvalue weighted by molar-refractivity contribution is -0.0238. The van der Waals surface area contributed by atoms with Crippen LogP contribution >= 0.6 is 0 Å². The molecule has 0 amide bonds. The van der Waals surface area contributed by atoms with Gasteiger partial charge in [0, 0.05) is 19.1 Å². The van der Waals surface area contributed by atoms with E-state index in [1.807, 2.05) is 13.8 Å². The van der Waals surface area contributed by atoms with Crippen LogP contribution in [-0.4, -0.2) is 46.5 Å². The second-order valence-electron chi connectivity index (χ2n) is 5.42. The molecule has 1 rings (SSSR count). The average molecular weight is 243 g/mol. The fourth-order valence-corrected chi connectivity index (χ4v) is 2.82. The number of aliphatic hydroxyl groups is 2. The van der Waals surface area contributed by atoms with Crippen molar-refractivity contribution in [3.05, 3.63) is 0 Å². The Bertz CT molecular complexity index is 198. The highest BCUT2D eigenvalue weighted by atomic mass is 16.3. The first-order valence-corrected chi connectivity index (χ1v) is 7.22. The van der Waals surface area contributed by atoms with E-state index in [4.69, 9.17) is 0 Å². The standard InChI is InChI=1S/C14H29NO2/c1-3-14(17,4-2)12-15(10-11-16)13-8-6-5-7-9-13/h13,16-17H,3-12H2,1-2H3. The van der Waals surface area contributed by atoms with Crippen LogP contribution in [0.1, 0.15) is 58.8 Å². The van der Waals surface area contributed by atoms with Gasteiger partial charge in [-0.05, 0) is 25.7 Å². The first-order chi connectivity index (χ1) is 8.15. The molecule has 1 aliphatic carbocycles. The highest BCUT2D eigenvalue weighted by Gasteiger charge is 2.29. The van der Waals surface area contributed by atoms with E-state index in [0.717, 1.165) is 12.8 Å². The maximum Gasteiger partial charge on any atom is 0.0769 e. The normalized spacial score (nSPS) is 18.9. The Morgan fingerprint density at radius 3 is 2.18 bits per heavy atom. The molecule has 3 heteroatoms. The van der Waals surface area contributed by atoms with Crippen LogP contribution in [0.3, 0.4) is 0 Å². The molecule has 1 fully saturated rings. The minimum absolute atomic E-state index is 0.194. The predicted molar refractivity (Wildman–Crippen MR) is 71.1 cm³/mol. The number of nitrogens with zero attached hydrogens (tertiary/aromatic N) is 1. The molecule has 1 saturated carbocycles. The van der Waals surface area contributed by atoms with Gasteiger partial charge in [-0.1, -0.05) is 33.1 Å². The molecule has 3 nitrogen and oxygen atoms in total. The van der Waals surface area contributed by atoms with Gasteiger partial charge < -0.3 is 10.2 Å². The summed E-state index contributed by atoms with van der Waals surface area (Å²) in [6, 6.07) is 0.570. The molecular formula is C14H29NO2. The van der Waals surface area contributed by atoms with Crippen molar-refractivity contribution in [3.8, 4) is 0 Å². The van der Waals surface area contributed by atoms with Crippen molar-refractivity contribution in [2.45, 2.75) is 70.4 Å². The van der Waals surface area contributed by atoms with Crippen molar-refractivity contribution in [1.29, 1.82) is 0 Å². The van der Waals surface area contributed by atoms with Gasteiger partial charge in [0.1, 0.15) is 0 Å². The Morgan fingerprint density at radius 1 is 1.12 bits per heavy atom. The SMILES string of the molecule is CCC(O)(CC)CN(CCO)C1CCCCC1. The van der Waals surface area contributed by atoms with Crippen molar-refractivity contribution in [2.75, 3.05) is 19.7 Å². The molecular weight excluding hydrogens is 214 g/mol. The molecule has 0 bridgehead atoms. The van der Waals surface area contributed by atoms with Gasteiger partial charge >= 0.3 is 0 Å². The van der Waals surface area contributed by atoms with E-state index >= 15 is 0 Å². The maximum absolute atomic E-state index is 10.4. The van der Waals surface area contributed by atoms with E-state index in [9.17, 15) is 10.2 Å². The van der Waals surface area contributed by atoms with Crippen LogP contribution in [0.5, 0.6) is 0 Å². The Kier molecular flexibility index (Phi) is 6.45. The van der Waals surface area contributed by atoms with Crippen LogP contribution in [0.2, 0.25) is 0 Å². The van der Waals surface area contributed by atoms with Crippen molar-refractivity contribution in [1.82, 2.24) is 4.90 Å². The third-order valence-electron chi connectivity index (χ3n) is 4.29. The summed E-state index contributed by atoms with van der Waals surface area (Å²) in [4.78, 5) is 2.31. The third kappa shape index (κ3) is 4.57. The Labute approximate surface area is 106 Å². The summed E-state index contributed by atoms with van der Waals surface area (Å²) in [5, 5.41) is 19.6. The van der Waals surface area contributed by atoms with Gasteiger partial charge in [0.15, 0.2) is 0 Å². The summed E-state index contributed by atoms with van der Waals surface area (Å²) < 4.78 is 0. The zero-order valence-electron chi connectivity index (χ0n) is 11.5. The zero-order chi connectivity index (χ0) is 12.7. The van der Waals surface area contributed by atoms with Crippen LogP contribution in [0.4, 0.5) is 0 Å². The molecule has 0 unspecified atom stereocenters. The van der Waals surface area contributed by atoms with Gasteiger partial charge in [-0.3, -0.25) is 4.90 Å². The molecule has 0 atom stereocenters. The first-order valence-electron chi connectivity index (χ1n) is 7.22.